The van der Waals surface area contributed by atoms with Gasteiger partial charge in [0, 0.05) is 20.3 Å². The van der Waals surface area contributed by atoms with E-state index in [-0.39, 0.29) is 0 Å². The molecule has 0 amide bonds. The average molecular weight is 230 g/mol. The van der Waals surface area contributed by atoms with Crippen LogP contribution in [0.3, 0.4) is 0 Å². The van der Waals surface area contributed by atoms with E-state index in [9.17, 15) is 0 Å². The summed E-state index contributed by atoms with van der Waals surface area (Å²) in [4.78, 5) is 0. The summed E-state index contributed by atoms with van der Waals surface area (Å²) in [5, 5.41) is 1.18. The van der Waals surface area contributed by atoms with Crippen LogP contribution in [0.5, 0.6) is 0 Å². The summed E-state index contributed by atoms with van der Waals surface area (Å²) in [6, 6.07) is 8.42. The van der Waals surface area contributed by atoms with Crippen molar-refractivity contribution < 1.29 is 9.47 Å². The van der Waals surface area contributed by atoms with E-state index in [1.165, 1.54) is 5.30 Å². The van der Waals surface area contributed by atoms with Crippen molar-refractivity contribution in [1.29, 1.82) is 0 Å². The summed E-state index contributed by atoms with van der Waals surface area (Å²) in [6.45, 7) is 0. The molecule has 1 aromatic rings. The Morgan fingerprint density at radius 3 is 2.00 bits per heavy atom. The minimum Gasteiger partial charge on any atom is -0.379 e. The number of methoxy groups -OCH3 is 2. The normalized spacial score (nSPS) is 11.6. The van der Waals surface area contributed by atoms with Crippen molar-refractivity contribution >= 4 is 23.1 Å². The summed E-state index contributed by atoms with van der Waals surface area (Å²) in [5.41, 5.74) is 0. The third-order valence-electron chi connectivity index (χ3n) is 1.90. The topological polar surface area (TPSA) is 18.5 Å². The highest BCUT2D eigenvalue weighted by Crippen LogP contribution is 2.44. The van der Waals surface area contributed by atoms with Gasteiger partial charge in [0.1, 0.15) is 0 Å². The monoisotopic (exact) mass is 230 g/mol. The molecule has 2 nitrogen and oxygen atoms in total. The van der Waals surface area contributed by atoms with Crippen LogP contribution in [-0.2, 0) is 21.3 Å². The van der Waals surface area contributed by atoms with Crippen molar-refractivity contribution in [1.82, 2.24) is 0 Å². The van der Waals surface area contributed by atoms with E-state index in [0.717, 1.165) is 0 Å². The fraction of sp³-hybridized carbons (Fsp3) is 0.400. The van der Waals surface area contributed by atoms with Crippen LogP contribution < -0.4 is 5.30 Å². The summed E-state index contributed by atoms with van der Waals surface area (Å²) in [7, 11) is 3.36. The minimum absolute atomic E-state index is 0.597. The number of hydrogen-bond donors (Lipinski definition) is 0. The van der Waals surface area contributed by atoms with E-state index in [0.29, 0.717) is 12.7 Å². The zero-order valence-electron chi connectivity index (χ0n) is 8.47. The summed E-state index contributed by atoms with van der Waals surface area (Å²) < 4.78 is 10.4. The van der Waals surface area contributed by atoms with Gasteiger partial charge in [0.15, 0.2) is 0 Å². The predicted molar refractivity (Wildman–Crippen MR) is 64.1 cm³/mol. The number of benzene rings is 1. The number of ether oxygens (including phenoxy) is 2. The lowest BCUT2D eigenvalue weighted by Gasteiger charge is -2.20. The largest absolute Gasteiger partial charge is 0.379 e. The molecular weight excluding hydrogens is 215 g/mol. The molecule has 0 aromatic heterocycles. The lowest BCUT2D eigenvalue weighted by Crippen LogP contribution is -2.12. The van der Waals surface area contributed by atoms with Crippen molar-refractivity contribution in [2.75, 3.05) is 26.9 Å². The second-order valence-electron chi connectivity index (χ2n) is 3.06. The first kappa shape index (κ1) is 11.9. The van der Waals surface area contributed by atoms with Crippen molar-refractivity contribution in [2.24, 2.45) is 0 Å². The van der Waals surface area contributed by atoms with Crippen LogP contribution in [0, 0.1) is 0 Å². The standard InChI is InChI=1S/C10H15O2PS/c1-11-8-13(14,9-12-2)10-6-4-3-5-7-10/h3-7H,8-9H2,1-2H3. The smallest absolute Gasteiger partial charge is 0.0807 e. The maximum atomic E-state index is 5.63. The Morgan fingerprint density at radius 1 is 1.07 bits per heavy atom. The maximum Gasteiger partial charge on any atom is 0.0807 e. The van der Waals surface area contributed by atoms with Gasteiger partial charge < -0.3 is 9.47 Å². The predicted octanol–water partition coefficient (Wildman–Crippen LogP) is 2.00. The minimum atomic E-state index is -1.68. The van der Waals surface area contributed by atoms with Gasteiger partial charge in [0.2, 0.25) is 0 Å². The van der Waals surface area contributed by atoms with E-state index < -0.39 is 6.04 Å². The van der Waals surface area contributed by atoms with Crippen LogP contribution in [0.4, 0.5) is 0 Å². The van der Waals surface area contributed by atoms with Crippen LogP contribution in [0.15, 0.2) is 30.3 Å². The molecule has 0 saturated heterocycles. The van der Waals surface area contributed by atoms with Gasteiger partial charge in [-0.2, -0.15) is 0 Å². The van der Waals surface area contributed by atoms with Crippen molar-refractivity contribution in [3.63, 3.8) is 0 Å². The Morgan fingerprint density at radius 2 is 1.57 bits per heavy atom. The number of hydrogen-bond acceptors (Lipinski definition) is 3. The molecule has 0 spiro atoms. The molecular formula is C10H15O2PS. The van der Waals surface area contributed by atoms with E-state index >= 15 is 0 Å². The molecule has 0 radical (unpaired) electrons. The van der Waals surface area contributed by atoms with Gasteiger partial charge in [-0.05, 0) is 5.30 Å². The Balaban J connectivity index is 2.94. The van der Waals surface area contributed by atoms with Crippen molar-refractivity contribution in [2.45, 2.75) is 0 Å². The lowest BCUT2D eigenvalue weighted by molar-refractivity contribution is 0.234. The highest BCUT2D eigenvalue weighted by Gasteiger charge is 2.18. The van der Waals surface area contributed by atoms with Gasteiger partial charge in [-0.25, -0.2) is 0 Å². The zero-order chi connectivity index (χ0) is 10.4. The van der Waals surface area contributed by atoms with E-state index in [1.807, 2.05) is 18.2 Å². The quantitative estimate of drug-likeness (QED) is 0.721. The molecule has 4 heteroatoms. The third kappa shape index (κ3) is 2.89. The van der Waals surface area contributed by atoms with Gasteiger partial charge in [0.05, 0.1) is 12.7 Å². The molecule has 0 aliphatic carbocycles. The Hall–Kier alpha value is -0.210. The molecule has 1 aromatic carbocycles. The second-order valence-corrected chi connectivity index (χ2v) is 7.97. The van der Waals surface area contributed by atoms with E-state index in [1.54, 1.807) is 14.2 Å². The molecule has 0 aliphatic rings. The van der Waals surface area contributed by atoms with E-state index in [2.05, 4.69) is 12.1 Å². The van der Waals surface area contributed by atoms with Crippen molar-refractivity contribution in [3.8, 4) is 0 Å². The fourth-order valence-electron chi connectivity index (χ4n) is 1.30. The maximum absolute atomic E-state index is 5.63. The van der Waals surface area contributed by atoms with Crippen LogP contribution in [-0.4, -0.2) is 26.9 Å². The molecule has 0 saturated carbocycles. The van der Waals surface area contributed by atoms with Crippen molar-refractivity contribution in [3.05, 3.63) is 30.3 Å². The fourth-order valence-corrected chi connectivity index (χ4v) is 4.22. The Kier molecular flexibility index (Phi) is 4.76. The molecule has 78 valence electrons. The first-order valence-electron chi connectivity index (χ1n) is 4.34. The molecule has 1 rings (SSSR count). The van der Waals surface area contributed by atoms with Crippen LogP contribution in [0.1, 0.15) is 0 Å². The molecule has 0 fully saturated rings. The van der Waals surface area contributed by atoms with Gasteiger partial charge in [-0.15, -0.1) is 0 Å². The van der Waals surface area contributed by atoms with Gasteiger partial charge in [0.25, 0.3) is 0 Å². The van der Waals surface area contributed by atoms with Crippen LogP contribution in [0.2, 0.25) is 0 Å². The summed E-state index contributed by atoms with van der Waals surface area (Å²) >= 11 is 5.63. The van der Waals surface area contributed by atoms with Crippen LogP contribution in [0.25, 0.3) is 0 Å². The van der Waals surface area contributed by atoms with Gasteiger partial charge in [-0.3, -0.25) is 0 Å². The number of rotatable bonds is 5. The highest BCUT2D eigenvalue weighted by molar-refractivity contribution is 8.18. The molecule has 0 atom stereocenters. The molecule has 0 bridgehead atoms. The molecule has 14 heavy (non-hydrogen) atoms. The Labute approximate surface area is 90.2 Å². The average Bonchev–Trinajstić information content (AvgIpc) is 2.20. The zero-order valence-corrected chi connectivity index (χ0v) is 10.2. The first-order valence-corrected chi connectivity index (χ1v) is 7.52. The van der Waals surface area contributed by atoms with Gasteiger partial charge in [-0.1, -0.05) is 42.1 Å². The Bertz CT molecular complexity index is 303. The molecule has 0 unspecified atom stereocenters. The molecule has 0 N–H and O–H groups in total. The van der Waals surface area contributed by atoms with Gasteiger partial charge >= 0.3 is 0 Å². The first-order chi connectivity index (χ1) is 6.73. The highest BCUT2D eigenvalue weighted by atomic mass is 32.4. The SMILES string of the molecule is COCP(=S)(COC)c1ccccc1. The van der Waals surface area contributed by atoms with E-state index in [4.69, 9.17) is 21.3 Å². The second kappa shape index (κ2) is 5.62. The summed E-state index contributed by atoms with van der Waals surface area (Å²) in [6.07, 6.45) is 1.19. The van der Waals surface area contributed by atoms with Crippen LogP contribution >= 0.6 is 6.04 Å². The lowest BCUT2D eigenvalue weighted by atomic mass is 10.4. The molecule has 0 heterocycles. The molecule has 0 aliphatic heterocycles. The summed E-state index contributed by atoms with van der Waals surface area (Å²) in [5.74, 6) is 0. The third-order valence-corrected chi connectivity index (χ3v) is 5.76.